The maximum atomic E-state index is 8.95. The lowest BCUT2D eigenvalue weighted by Gasteiger charge is -2.03. The monoisotopic (exact) mass is 298 g/mol. The molecule has 1 rings (SSSR count). The molecule has 12 heavy (non-hydrogen) atoms. The third-order valence-corrected chi connectivity index (χ3v) is 2.97. The number of hydrogen-bond acceptors (Lipinski definition) is 4. The predicted molar refractivity (Wildman–Crippen MR) is 58.2 cm³/mol. The molecule has 0 aromatic carbocycles. The van der Waals surface area contributed by atoms with Crippen LogP contribution < -0.4 is 5.32 Å². The van der Waals surface area contributed by atoms with E-state index in [1.54, 1.807) is 18.3 Å². The van der Waals surface area contributed by atoms with Crippen molar-refractivity contribution in [2.45, 2.75) is 19.6 Å². The number of aliphatic hydroxyl groups excluding tert-OH is 1. The second-order valence-corrected chi connectivity index (χ2v) is 5.55. The molecule has 1 atom stereocenters. The molecule has 0 radical (unpaired) electrons. The molecule has 1 aromatic rings. The summed E-state index contributed by atoms with van der Waals surface area (Å²) in [6.07, 6.45) is 1.56. The van der Waals surface area contributed by atoms with Crippen LogP contribution in [0.3, 0.4) is 0 Å². The molecule has 0 aliphatic carbocycles. The fraction of sp³-hybridized carbons (Fsp3) is 0.571. The summed E-state index contributed by atoms with van der Waals surface area (Å²) in [7, 11) is 0. The molecular weight excluding hydrogens is 287 g/mol. The number of thiazole rings is 1. The van der Waals surface area contributed by atoms with Crippen molar-refractivity contribution in [2.75, 3.05) is 6.54 Å². The number of aromatic nitrogens is 1. The molecule has 0 spiro atoms. The van der Waals surface area contributed by atoms with E-state index in [9.17, 15) is 0 Å². The van der Waals surface area contributed by atoms with Crippen LogP contribution in [0.5, 0.6) is 0 Å². The van der Waals surface area contributed by atoms with Gasteiger partial charge >= 0.3 is 0 Å². The van der Waals surface area contributed by atoms with E-state index in [0.29, 0.717) is 6.54 Å². The van der Waals surface area contributed by atoms with Crippen molar-refractivity contribution in [1.29, 1.82) is 0 Å². The van der Waals surface area contributed by atoms with Gasteiger partial charge < -0.3 is 10.4 Å². The van der Waals surface area contributed by atoms with Crippen molar-refractivity contribution in [2.24, 2.45) is 0 Å². The summed E-state index contributed by atoms with van der Waals surface area (Å²) >= 11 is 3.92. The molecule has 1 aromatic heterocycles. The first-order chi connectivity index (χ1) is 5.68. The van der Waals surface area contributed by atoms with Gasteiger partial charge in [-0.15, -0.1) is 11.3 Å². The topological polar surface area (TPSA) is 45.1 Å². The lowest BCUT2D eigenvalue weighted by atomic mass is 10.4. The van der Waals surface area contributed by atoms with Crippen LogP contribution in [0.25, 0.3) is 0 Å². The highest BCUT2D eigenvalue weighted by Gasteiger charge is 1.99. The third-order valence-electron chi connectivity index (χ3n) is 1.24. The molecule has 0 fully saturated rings. The van der Waals surface area contributed by atoms with E-state index in [2.05, 4.69) is 32.9 Å². The number of aliphatic hydroxyl groups is 1. The molecule has 0 unspecified atom stereocenters. The zero-order valence-electron chi connectivity index (χ0n) is 6.75. The van der Waals surface area contributed by atoms with E-state index in [0.717, 1.165) is 11.6 Å². The van der Waals surface area contributed by atoms with Gasteiger partial charge in [0.2, 0.25) is 0 Å². The van der Waals surface area contributed by atoms with E-state index >= 15 is 0 Å². The second-order valence-electron chi connectivity index (χ2n) is 2.54. The van der Waals surface area contributed by atoms with E-state index in [4.69, 9.17) is 5.11 Å². The zero-order chi connectivity index (χ0) is 8.97. The summed E-state index contributed by atoms with van der Waals surface area (Å²) in [6, 6.07) is 0. The second kappa shape index (κ2) is 5.11. The maximum absolute atomic E-state index is 8.95. The molecule has 0 saturated carbocycles. The minimum atomic E-state index is -0.288. The van der Waals surface area contributed by atoms with Crippen LogP contribution >= 0.6 is 33.9 Å². The molecule has 0 bridgehead atoms. The van der Waals surface area contributed by atoms with E-state index in [1.807, 2.05) is 6.20 Å². The van der Waals surface area contributed by atoms with Gasteiger partial charge in [-0.25, -0.2) is 4.98 Å². The first-order valence-electron chi connectivity index (χ1n) is 3.67. The van der Waals surface area contributed by atoms with E-state index < -0.39 is 0 Å². The van der Waals surface area contributed by atoms with Crippen molar-refractivity contribution >= 4 is 33.9 Å². The molecule has 0 amide bonds. The fourth-order valence-corrected chi connectivity index (χ4v) is 2.27. The van der Waals surface area contributed by atoms with Gasteiger partial charge in [-0.1, -0.05) is 0 Å². The maximum Gasteiger partial charge on any atom is 0.107 e. The highest BCUT2D eigenvalue weighted by atomic mass is 127. The highest BCUT2D eigenvalue weighted by molar-refractivity contribution is 14.1. The summed E-state index contributed by atoms with van der Waals surface area (Å²) in [6.45, 7) is 3.13. The summed E-state index contributed by atoms with van der Waals surface area (Å²) < 4.78 is 1.20. The molecule has 3 nitrogen and oxygen atoms in total. The standard InChI is InChI=1S/C7H11IN2OS/c1-5(11)2-9-4-7-10-3-6(8)12-7/h3,5,9,11H,2,4H2,1H3/t5-/m0/s1. The van der Waals surface area contributed by atoms with Crippen LogP contribution in [-0.2, 0) is 6.54 Å². The van der Waals surface area contributed by atoms with Gasteiger partial charge in [0.15, 0.2) is 0 Å². The Bertz CT molecular complexity index is 239. The van der Waals surface area contributed by atoms with Crippen molar-refractivity contribution in [1.82, 2.24) is 10.3 Å². The van der Waals surface area contributed by atoms with Crippen LogP contribution in [0.1, 0.15) is 11.9 Å². The Hall–Kier alpha value is 0.280. The fourth-order valence-electron chi connectivity index (χ4n) is 0.758. The van der Waals surface area contributed by atoms with Gasteiger partial charge in [-0.2, -0.15) is 0 Å². The molecule has 1 heterocycles. The SMILES string of the molecule is C[C@H](O)CNCc1ncc(I)s1. The van der Waals surface area contributed by atoms with Crippen LogP contribution in [0.15, 0.2) is 6.20 Å². The number of nitrogens with one attached hydrogen (secondary N) is 1. The smallest absolute Gasteiger partial charge is 0.107 e. The first-order valence-corrected chi connectivity index (χ1v) is 5.57. The lowest BCUT2D eigenvalue weighted by molar-refractivity contribution is 0.191. The van der Waals surface area contributed by atoms with Gasteiger partial charge in [0.1, 0.15) is 5.01 Å². The first kappa shape index (κ1) is 10.4. The van der Waals surface area contributed by atoms with E-state index in [-0.39, 0.29) is 6.10 Å². The zero-order valence-corrected chi connectivity index (χ0v) is 9.72. The van der Waals surface area contributed by atoms with Gasteiger partial charge in [0, 0.05) is 13.1 Å². The van der Waals surface area contributed by atoms with Gasteiger partial charge in [-0.05, 0) is 29.5 Å². The summed E-state index contributed by atoms with van der Waals surface area (Å²) in [4.78, 5) is 4.18. The summed E-state index contributed by atoms with van der Waals surface area (Å²) in [5.41, 5.74) is 0. The Morgan fingerprint density at radius 1 is 1.83 bits per heavy atom. The third kappa shape index (κ3) is 3.79. The normalized spacial score (nSPS) is 13.2. The number of nitrogens with zero attached hydrogens (tertiary/aromatic N) is 1. The Kier molecular flexibility index (Phi) is 4.41. The highest BCUT2D eigenvalue weighted by Crippen LogP contribution is 2.14. The number of hydrogen-bond donors (Lipinski definition) is 2. The predicted octanol–water partition coefficient (Wildman–Crippen LogP) is 1.22. The molecule has 0 aliphatic rings. The average molecular weight is 298 g/mol. The molecule has 5 heteroatoms. The molecule has 0 aliphatic heterocycles. The lowest BCUT2D eigenvalue weighted by Crippen LogP contribution is -2.23. The quantitative estimate of drug-likeness (QED) is 0.822. The summed E-state index contributed by atoms with van der Waals surface area (Å²) in [5, 5.41) is 13.1. The Balaban J connectivity index is 2.24. The molecule has 68 valence electrons. The molecule has 2 N–H and O–H groups in total. The van der Waals surface area contributed by atoms with Crippen molar-refractivity contribution in [3.63, 3.8) is 0 Å². The van der Waals surface area contributed by atoms with Gasteiger partial charge in [0.05, 0.1) is 15.2 Å². The largest absolute Gasteiger partial charge is 0.392 e. The minimum Gasteiger partial charge on any atom is -0.392 e. The van der Waals surface area contributed by atoms with Crippen LogP contribution in [0.4, 0.5) is 0 Å². The van der Waals surface area contributed by atoms with Crippen molar-refractivity contribution in [3.05, 3.63) is 14.1 Å². The van der Waals surface area contributed by atoms with Crippen LogP contribution in [0.2, 0.25) is 0 Å². The number of halogens is 1. The Morgan fingerprint density at radius 3 is 3.08 bits per heavy atom. The Labute approximate surface area is 89.4 Å². The number of rotatable bonds is 4. The van der Waals surface area contributed by atoms with Crippen molar-refractivity contribution in [3.8, 4) is 0 Å². The van der Waals surface area contributed by atoms with Crippen molar-refractivity contribution < 1.29 is 5.11 Å². The molecule has 0 saturated heterocycles. The van der Waals surface area contributed by atoms with E-state index in [1.165, 1.54) is 2.88 Å². The Morgan fingerprint density at radius 2 is 2.58 bits per heavy atom. The minimum absolute atomic E-state index is 0.288. The molecular formula is C7H11IN2OS. The average Bonchev–Trinajstić information content (AvgIpc) is 2.35. The van der Waals surface area contributed by atoms with Crippen LogP contribution in [0, 0.1) is 2.88 Å². The van der Waals surface area contributed by atoms with Crippen LogP contribution in [-0.4, -0.2) is 22.7 Å². The van der Waals surface area contributed by atoms with Gasteiger partial charge in [0.25, 0.3) is 0 Å². The van der Waals surface area contributed by atoms with Gasteiger partial charge in [-0.3, -0.25) is 0 Å². The summed E-state index contributed by atoms with van der Waals surface area (Å²) in [5.74, 6) is 0.